The Labute approximate surface area is 155 Å². The summed E-state index contributed by atoms with van der Waals surface area (Å²) in [6.07, 6.45) is 0. The van der Waals surface area contributed by atoms with Gasteiger partial charge in [-0.25, -0.2) is 0 Å². The molecule has 0 unspecified atom stereocenters. The van der Waals surface area contributed by atoms with Gasteiger partial charge < -0.3 is 19.7 Å². The monoisotopic (exact) mass is 376 g/mol. The fourth-order valence-corrected chi connectivity index (χ4v) is 2.70. The van der Waals surface area contributed by atoms with Gasteiger partial charge in [-0.05, 0) is 46.7 Å². The standard InChI is InChI=1S/C18H20N2O5S/c1-20(10-13-7-8-26-12-13)16(21)11-25-17(22)9-19-18(23)14-3-5-15(24-2)6-4-14/h3-8,12H,9-11H2,1-2H3,(H,19,23). The Hall–Kier alpha value is -2.87. The average molecular weight is 376 g/mol. The van der Waals surface area contributed by atoms with E-state index in [1.165, 1.54) is 12.0 Å². The summed E-state index contributed by atoms with van der Waals surface area (Å²) in [5.74, 6) is -0.772. The molecule has 0 bridgehead atoms. The van der Waals surface area contributed by atoms with E-state index in [1.807, 2.05) is 16.8 Å². The number of hydrogen-bond acceptors (Lipinski definition) is 6. The van der Waals surface area contributed by atoms with E-state index >= 15 is 0 Å². The second-order valence-corrected chi connectivity index (χ2v) is 6.23. The van der Waals surface area contributed by atoms with Crippen molar-refractivity contribution in [1.82, 2.24) is 10.2 Å². The SMILES string of the molecule is COc1ccc(C(=O)NCC(=O)OCC(=O)N(C)Cc2ccsc2)cc1. The minimum absolute atomic E-state index is 0.313. The summed E-state index contributed by atoms with van der Waals surface area (Å²) >= 11 is 1.55. The highest BCUT2D eigenvalue weighted by molar-refractivity contribution is 7.07. The van der Waals surface area contributed by atoms with Gasteiger partial charge in [-0.1, -0.05) is 0 Å². The molecular weight excluding hydrogens is 356 g/mol. The highest BCUT2D eigenvalue weighted by Gasteiger charge is 2.14. The molecule has 138 valence electrons. The summed E-state index contributed by atoms with van der Waals surface area (Å²) in [4.78, 5) is 37.1. The number of hydrogen-bond donors (Lipinski definition) is 1. The number of amides is 2. The van der Waals surface area contributed by atoms with Crippen LogP contribution in [0, 0.1) is 0 Å². The smallest absolute Gasteiger partial charge is 0.325 e. The van der Waals surface area contributed by atoms with Gasteiger partial charge in [0.15, 0.2) is 6.61 Å². The van der Waals surface area contributed by atoms with E-state index in [9.17, 15) is 14.4 Å². The van der Waals surface area contributed by atoms with Crippen LogP contribution in [0.15, 0.2) is 41.1 Å². The Morgan fingerprint density at radius 1 is 1.15 bits per heavy atom. The molecule has 26 heavy (non-hydrogen) atoms. The normalized spacial score (nSPS) is 10.1. The number of likely N-dealkylation sites (N-methyl/N-ethyl adjacent to an activating group) is 1. The maximum absolute atomic E-state index is 11.9. The molecule has 2 aromatic rings. The topological polar surface area (TPSA) is 84.9 Å². The predicted octanol–water partition coefficient (Wildman–Crippen LogP) is 1.69. The molecule has 1 aromatic heterocycles. The number of carbonyl (C=O) groups is 3. The Morgan fingerprint density at radius 3 is 2.50 bits per heavy atom. The molecule has 0 saturated carbocycles. The van der Waals surface area contributed by atoms with Crippen LogP contribution < -0.4 is 10.1 Å². The third-order valence-electron chi connectivity index (χ3n) is 3.53. The van der Waals surface area contributed by atoms with E-state index in [0.29, 0.717) is 17.9 Å². The molecule has 0 atom stereocenters. The summed E-state index contributed by atoms with van der Waals surface area (Å²) in [6, 6.07) is 8.39. The Bertz CT molecular complexity index is 743. The molecule has 1 aromatic carbocycles. The minimum Gasteiger partial charge on any atom is -0.497 e. The van der Waals surface area contributed by atoms with Gasteiger partial charge in [-0.2, -0.15) is 11.3 Å². The minimum atomic E-state index is -0.677. The highest BCUT2D eigenvalue weighted by atomic mass is 32.1. The first-order valence-electron chi connectivity index (χ1n) is 7.82. The van der Waals surface area contributed by atoms with Gasteiger partial charge in [0.1, 0.15) is 12.3 Å². The summed E-state index contributed by atoms with van der Waals surface area (Å²) in [7, 11) is 3.17. The lowest BCUT2D eigenvalue weighted by Gasteiger charge is -2.16. The zero-order valence-electron chi connectivity index (χ0n) is 14.6. The molecule has 0 aliphatic carbocycles. The van der Waals surface area contributed by atoms with Gasteiger partial charge in [0.05, 0.1) is 7.11 Å². The quantitative estimate of drug-likeness (QED) is 0.709. The van der Waals surface area contributed by atoms with Crippen LogP contribution in [0.5, 0.6) is 5.75 Å². The van der Waals surface area contributed by atoms with Crippen molar-refractivity contribution in [3.05, 3.63) is 52.2 Å². The molecule has 0 spiro atoms. The van der Waals surface area contributed by atoms with Crippen molar-refractivity contribution >= 4 is 29.1 Å². The fraction of sp³-hybridized carbons (Fsp3) is 0.278. The van der Waals surface area contributed by atoms with Crippen LogP contribution in [0.1, 0.15) is 15.9 Å². The number of methoxy groups -OCH3 is 1. The molecule has 1 heterocycles. The van der Waals surface area contributed by atoms with Gasteiger partial charge >= 0.3 is 5.97 Å². The van der Waals surface area contributed by atoms with E-state index < -0.39 is 11.9 Å². The zero-order chi connectivity index (χ0) is 18.9. The number of carbonyl (C=O) groups excluding carboxylic acids is 3. The van der Waals surface area contributed by atoms with Crippen molar-refractivity contribution < 1.29 is 23.9 Å². The Kier molecular flexibility index (Phi) is 7.16. The first kappa shape index (κ1) is 19.5. The summed E-state index contributed by atoms with van der Waals surface area (Å²) in [5, 5.41) is 6.33. The summed E-state index contributed by atoms with van der Waals surface area (Å²) < 4.78 is 9.92. The van der Waals surface area contributed by atoms with E-state index in [0.717, 1.165) is 5.56 Å². The predicted molar refractivity (Wildman–Crippen MR) is 97.1 cm³/mol. The van der Waals surface area contributed by atoms with Gasteiger partial charge in [0.25, 0.3) is 11.8 Å². The average Bonchev–Trinajstić information content (AvgIpc) is 3.17. The van der Waals surface area contributed by atoms with Gasteiger partial charge in [0.2, 0.25) is 0 Å². The third kappa shape index (κ3) is 5.89. The van der Waals surface area contributed by atoms with Crippen molar-refractivity contribution in [1.29, 1.82) is 0 Å². The molecular formula is C18H20N2O5S. The van der Waals surface area contributed by atoms with Gasteiger partial charge in [0, 0.05) is 19.2 Å². The third-order valence-corrected chi connectivity index (χ3v) is 4.26. The molecule has 1 N–H and O–H groups in total. The molecule has 0 fully saturated rings. The van der Waals surface area contributed by atoms with Crippen molar-refractivity contribution in [2.75, 3.05) is 27.3 Å². The molecule has 2 amide bonds. The van der Waals surface area contributed by atoms with Gasteiger partial charge in [-0.15, -0.1) is 0 Å². The van der Waals surface area contributed by atoms with Crippen LogP contribution >= 0.6 is 11.3 Å². The lowest BCUT2D eigenvalue weighted by atomic mass is 10.2. The first-order chi connectivity index (χ1) is 12.5. The highest BCUT2D eigenvalue weighted by Crippen LogP contribution is 2.11. The lowest BCUT2D eigenvalue weighted by molar-refractivity contribution is -0.150. The number of esters is 1. The Morgan fingerprint density at radius 2 is 1.88 bits per heavy atom. The summed E-state index contributed by atoms with van der Waals surface area (Å²) in [5.41, 5.74) is 1.41. The Balaban J connectivity index is 1.70. The molecule has 2 rings (SSSR count). The number of nitrogens with one attached hydrogen (secondary N) is 1. The number of ether oxygens (including phenoxy) is 2. The molecule has 0 aliphatic heterocycles. The maximum atomic E-state index is 11.9. The maximum Gasteiger partial charge on any atom is 0.325 e. The molecule has 0 radical (unpaired) electrons. The van der Waals surface area contributed by atoms with Crippen molar-refractivity contribution in [3.8, 4) is 5.75 Å². The van der Waals surface area contributed by atoms with E-state index in [1.54, 1.807) is 42.6 Å². The fourth-order valence-electron chi connectivity index (χ4n) is 2.05. The van der Waals surface area contributed by atoms with E-state index in [-0.39, 0.29) is 19.1 Å². The number of benzene rings is 1. The van der Waals surface area contributed by atoms with Crippen molar-refractivity contribution in [3.63, 3.8) is 0 Å². The van der Waals surface area contributed by atoms with E-state index in [2.05, 4.69) is 5.32 Å². The summed E-state index contributed by atoms with van der Waals surface area (Å²) in [6.45, 7) is -0.224. The van der Waals surface area contributed by atoms with Crippen LogP contribution in [0.2, 0.25) is 0 Å². The lowest BCUT2D eigenvalue weighted by Crippen LogP contribution is -2.34. The molecule has 0 aliphatic rings. The van der Waals surface area contributed by atoms with Crippen LogP contribution in [0.4, 0.5) is 0 Å². The first-order valence-corrected chi connectivity index (χ1v) is 8.77. The number of nitrogens with zero attached hydrogens (tertiary/aromatic N) is 1. The van der Waals surface area contributed by atoms with Crippen LogP contribution in [0.3, 0.4) is 0 Å². The van der Waals surface area contributed by atoms with Crippen LogP contribution in [0.25, 0.3) is 0 Å². The largest absolute Gasteiger partial charge is 0.497 e. The second kappa shape index (κ2) is 9.57. The number of thiophene rings is 1. The van der Waals surface area contributed by atoms with Crippen LogP contribution in [-0.2, 0) is 20.9 Å². The van der Waals surface area contributed by atoms with Crippen molar-refractivity contribution in [2.45, 2.75) is 6.54 Å². The van der Waals surface area contributed by atoms with Crippen LogP contribution in [-0.4, -0.2) is 50.0 Å². The molecule has 8 heteroatoms. The molecule has 0 saturated heterocycles. The zero-order valence-corrected chi connectivity index (χ0v) is 15.4. The second-order valence-electron chi connectivity index (χ2n) is 5.45. The van der Waals surface area contributed by atoms with Crippen molar-refractivity contribution in [2.24, 2.45) is 0 Å². The van der Waals surface area contributed by atoms with E-state index in [4.69, 9.17) is 9.47 Å². The number of rotatable bonds is 8. The van der Waals surface area contributed by atoms with Gasteiger partial charge in [-0.3, -0.25) is 14.4 Å². The molecule has 7 nitrogen and oxygen atoms in total.